The number of amides is 1. The Balaban J connectivity index is 3.08. The Morgan fingerprint density at radius 1 is 1.19 bits per heavy atom. The summed E-state index contributed by atoms with van der Waals surface area (Å²) in [6.07, 6.45) is 0. The lowest BCUT2D eigenvalue weighted by Crippen LogP contribution is -2.41. The molecule has 0 radical (unpaired) electrons. The lowest BCUT2D eigenvalue weighted by molar-refractivity contribution is -0.143. The molecule has 8 heteroatoms. The van der Waals surface area contributed by atoms with Gasteiger partial charge in [0.25, 0.3) is 0 Å². The van der Waals surface area contributed by atoms with E-state index in [1.54, 1.807) is 19.1 Å². The van der Waals surface area contributed by atoms with Crippen LogP contribution in [-0.4, -0.2) is 44.3 Å². The minimum atomic E-state index is -3.99. The topological polar surface area (TPSA) is 107 Å². The third kappa shape index (κ3) is 4.83. The van der Waals surface area contributed by atoms with Crippen LogP contribution in [0.2, 0.25) is 0 Å². The number of benzene rings is 1. The van der Waals surface area contributed by atoms with Crippen molar-refractivity contribution in [1.29, 1.82) is 0 Å². The van der Waals surface area contributed by atoms with E-state index in [0.717, 1.165) is 5.56 Å². The number of ether oxygens (including phenoxy) is 1. The zero-order valence-electron chi connectivity index (χ0n) is 11.9. The molecule has 0 fully saturated rings. The number of nitrogens with zero attached hydrogens (tertiary/aromatic N) is 1. The molecule has 0 saturated heterocycles. The van der Waals surface area contributed by atoms with Gasteiger partial charge in [0.1, 0.15) is 6.54 Å². The van der Waals surface area contributed by atoms with E-state index in [2.05, 4.69) is 0 Å². The van der Waals surface area contributed by atoms with Crippen LogP contribution in [0.25, 0.3) is 0 Å². The standard InChI is InChI=1S/C13H18N2O5S/c1-3-20-13(17)9-15(8-12(14)16)21(18,19)11-6-4-10(2)5-7-11/h4-7H,3,8-9H2,1-2H3,(H2,14,16). The van der Waals surface area contributed by atoms with Gasteiger partial charge in [0.15, 0.2) is 0 Å². The number of esters is 1. The monoisotopic (exact) mass is 314 g/mol. The first kappa shape index (κ1) is 17.1. The van der Waals surface area contributed by atoms with Crippen LogP contribution in [0, 0.1) is 6.92 Å². The quantitative estimate of drug-likeness (QED) is 0.715. The molecule has 0 aliphatic heterocycles. The molecule has 0 aromatic heterocycles. The molecule has 1 aromatic rings. The maximum atomic E-state index is 12.4. The summed E-state index contributed by atoms with van der Waals surface area (Å²) in [4.78, 5) is 22.5. The van der Waals surface area contributed by atoms with Crippen LogP contribution < -0.4 is 5.73 Å². The van der Waals surface area contributed by atoms with E-state index in [1.165, 1.54) is 12.1 Å². The molecule has 7 nitrogen and oxygen atoms in total. The van der Waals surface area contributed by atoms with Gasteiger partial charge in [0.05, 0.1) is 18.0 Å². The lowest BCUT2D eigenvalue weighted by Gasteiger charge is -2.19. The smallest absolute Gasteiger partial charge is 0.321 e. The van der Waals surface area contributed by atoms with Crippen LogP contribution in [0.1, 0.15) is 12.5 Å². The van der Waals surface area contributed by atoms with Gasteiger partial charge in [0.2, 0.25) is 15.9 Å². The van der Waals surface area contributed by atoms with Crippen LogP contribution in [-0.2, 0) is 24.3 Å². The summed E-state index contributed by atoms with van der Waals surface area (Å²) in [5, 5.41) is 0. The number of aryl methyl sites for hydroxylation is 1. The van der Waals surface area contributed by atoms with Crippen LogP contribution in [0.5, 0.6) is 0 Å². The number of carbonyl (C=O) groups is 2. The molecule has 2 N–H and O–H groups in total. The van der Waals surface area contributed by atoms with E-state index in [4.69, 9.17) is 10.5 Å². The van der Waals surface area contributed by atoms with Gasteiger partial charge >= 0.3 is 5.97 Å². The zero-order chi connectivity index (χ0) is 16.0. The van der Waals surface area contributed by atoms with E-state index in [1.807, 2.05) is 6.92 Å². The maximum Gasteiger partial charge on any atom is 0.321 e. The summed E-state index contributed by atoms with van der Waals surface area (Å²) in [5.41, 5.74) is 5.93. The molecule has 21 heavy (non-hydrogen) atoms. The Kier molecular flexibility index (Phi) is 5.86. The fourth-order valence-electron chi connectivity index (χ4n) is 1.61. The second-order valence-corrected chi connectivity index (χ2v) is 6.30. The van der Waals surface area contributed by atoms with Crippen molar-refractivity contribution >= 4 is 21.9 Å². The van der Waals surface area contributed by atoms with Gasteiger partial charge in [-0.15, -0.1) is 0 Å². The molecular formula is C13H18N2O5S. The summed E-state index contributed by atoms with van der Waals surface area (Å²) < 4.78 is 30.3. The first-order valence-electron chi connectivity index (χ1n) is 6.28. The third-order valence-corrected chi connectivity index (χ3v) is 4.41. The average Bonchev–Trinajstić information content (AvgIpc) is 2.38. The predicted octanol–water partition coefficient (Wildman–Crippen LogP) is 0.0341. The van der Waals surface area contributed by atoms with Gasteiger partial charge in [-0.1, -0.05) is 17.7 Å². The highest BCUT2D eigenvalue weighted by atomic mass is 32.2. The SMILES string of the molecule is CCOC(=O)CN(CC(N)=O)S(=O)(=O)c1ccc(C)cc1. The highest BCUT2D eigenvalue weighted by molar-refractivity contribution is 7.89. The van der Waals surface area contributed by atoms with Crippen molar-refractivity contribution in [2.75, 3.05) is 19.7 Å². The second-order valence-electron chi connectivity index (χ2n) is 4.36. The highest BCUT2D eigenvalue weighted by Gasteiger charge is 2.28. The lowest BCUT2D eigenvalue weighted by atomic mass is 10.2. The molecule has 0 unspecified atom stereocenters. The van der Waals surface area contributed by atoms with Crippen molar-refractivity contribution in [3.63, 3.8) is 0 Å². The molecule has 0 aliphatic carbocycles. The molecule has 0 aliphatic rings. The second kappa shape index (κ2) is 7.19. The number of sulfonamides is 1. The Labute approximate surface area is 123 Å². The van der Waals surface area contributed by atoms with Crippen LogP contribution in [0.15, 0.2) is 29.2 Å². The molecular weight excluding hydrogens is 296 g/mol. The fraction of sp³-hybridized carbons (Fsp3) is 0.385. The summed E-state index contributed by atoms with van der Waals surface area (Å²) >= 11 is 0. The normalized spacial score (nSPS) is 11.4. The van der Waals surface area contributed by atoms with Crippen LogP contribution >= 0.6 is 0 Å². The number of primary amides is 1. The maximum absolute atomic E-state index is 12.4. The predicted molar refractivity (Wildman–Crippen MR) is 75.8 cm³/mol. The summed E-state index contributed by atoms with van der Waals surface area (Å²) in [6.45, 7) is 2.39. The minimum absolute atomic E-state index is 0.0151. The fourth-order valence-corrected chi connectivity index (χ4v) is 2.96. The molecule has 116 valence electrons. The Hall–Kier alpha value is -1.93. The van der Waals surface area contributed by atoms with Crippen molar-refractivity contribution in [3.8, 4) is 0 Å². The van der Waals surface area contributed by atoms with Gasteiger partial charge in [-0.2, -0.15) is 4.31 Å². The van der Waals surface area contributed by atoms with Crippen molar-refractivity contribution < 1.29 is 22.7 Å². The average molecular weight is 314 g/mol. The van der Waals surface area contributed by atoms with Gasteiger partial charge < -0.3 is 10.5 Å². The van der Waals surface area contributed by atoms with Gasteiger partial charge in [-0.25, -0.2) is 8.42 Å². The van der Waals surface area contributed by atoms with Crippen LogP contribution in [0.3, 0.4) is 0 Å². The molecule has 0 heterocycles. The number of rotatable bonds is 7. The van der Waals surface area contributed by atoms with Crippen molar-refractivity contribution in [3.05, 3.63) is 29.8 Å². The zero-order valence-corrected chi connectivity index (χ0v) is 12.7. The number of carbonyl (C=O) groups excluding carboxylic acids is 2. The summed E-state index contributed by atoms with van der Waals surface area (Å²) in [5.74, 6) is -1.59. The van der Waals surface area contributed by atoms with E-state index in [-0.39, 0.29) is 11.5 Å². The van der Waals surface area contributed by atoms with Gasteiger partial charge in [-0.05, 0) is 26.0 Å². The highest BCUT2D eigenvalue weighted by Crippen LogP contribution is 2.16. The Morgan fingerprint density at radius 2 is 1.76 bits per heavy atom. The summed E-state index contributed by atoms with van der Waals surface area (Å²) in [6, 6.07) is 6.06. The molecule has 0 atom stereocenters. The summed E-state index contributed by atoms with van der Waals surface area (Å²) in [7, 11) is -3.99. The van der Waals surface area contributed by atoms with Crippen molar-refractivity contribution in [2.45, 2.75) is 18.7 Å². The van der Waals surface area contributed by atoms with Gasteiger partial charge in [0, 0.05) is 0 Å². The van der Waals surface area contributed by atoms with E-state index >= 15 is 0 Å². The number of nitrogens with two attached hydrogens (primary N) is 1. The largest absolute Gasteiger partial charge is 0.465 e. The molecule has 1 aromatic carbocycles. The van der Waals surface area contributed by atoms with Crippen molar-refractivity contribution in [1.82, 2.24) is 4.31 Å². The Morgan fingerprint density at radius 3 is 2.24 bits per heavy atom. The molecule has 0 bridgehead atoms. The minimum Gasteiger partial charge on any atom is -0.465 e. The van der Waals surface area contributed by atoms with Crippen molar-refractivity contribution in [2.24, 2.45) is 5.73 Å². The third-order valence-electron chi connectivity index (χ3n) is 2.60. The molecule has 1 amide bonds. The van der Waals surface area contributed by atoms with Gasteiger partial charge in [-0.3, -0.25) is 9.59 Å². The molecule has 0 saturated carbocycles. The number of hydrogen-bond acceptors (Lipinski definition) is 5. The van der Waals surface area contributed by atoms with E-state index in [9.17, 15) is 18.0 Å². The first-order chi connectivity index (χ1) is 9.77. The number of hydrogen-bond donors (Lipinski definition) is 1. The van der Waals surface area contributed by atoms with E-state index in [0.29, 0.717) is 4.31 Å². The van der Waals surface area contributed by atoms with Crippen LogP contribution in [0.4, 0.5) is 0 Å². The Bertz CT molecular complexity index is 610. The first-order valence-corrected chi connectivity index (χ1v) is 7.72. The van der Waals surface area contributed by atoms with E-state index < -0.39 is 35.0 Å². The molecule has 1 rings (SSSR count). The molecule has 0 spiro atoms.